The quantitative estimate of drug-likeness (QED) is 0.0169. The second-order valence-corrected chi connectivity index (χ2v) is 26.7. The van der Waals surface area contributed by atoms with Crippen LogP contribution in [-0.4, -0.2) is 96.7 Å². The minimum absolute atomic E-state index is 0.0781. The predicted molar refractivity (Wildman–Crippen MR) is 408 cm³/mol. The standard InChI is InChI=1S/C81H128O17P2/c1-5-9-13-17-21-25-29-32-35-36-37-38-41-43-47-50-54-58-62-66-79(84)91-71-76(97-80(85)67-63-59-55-51-45-28-24-20-16-12-8-4)73-95-99(87,88)93-69-75(82)70-94-100(89,90)96-74-77(98-81(86)68-64-60-56-52-48-44-40-34-31-27-23-19-15-11-7-3)72-92-78(83)65-61-57-53-49-46-42-39-33-30-26-22-18-14-10-6-2/h9-11,13-15,21-23,25-27,32-35,37-40,43,46-49,52,57,60-61,64,75-77,82H,5-8,12,16-20,24,28-31,36,41-42,44-45,50-51,53-56,58-59,62-63,65-74H2,1-4H3,(H,87,88)(H,89,90)/b13-9-,14-10-,15-11-,25-21-,26-22-,27-23-,35-32-,38-37-,39-33-,40-34-,47-43-,49-46-,52-48-,61-57-,64-60-. The van der Waals surface area contributed by atoms with Gasteiger partial charge >= 0.3 is 39.5 Å². The molecule has 0 fully saturated rings. The summed E-state index contributed by atoms with van der Waals surface area (Å²) in [5, 5.41) is 10.6. The minimum atomic E-state index is -5.03. The number of unbranched alkanes of at least 4 members (excludes halogenated alkanes) is 13. The van der Waals surface area contributed by atoms with Crippen molar-refractivity contribution in [1.82, 2.24) is 0 Å². The number of phosphoric ester groups is 2. The molecule has 0 aromatic heterocycles. The van der Waals surface area contributed by atoms with Crippen LogP contribution >= 0.6 is 15.6 Å². The van der Waals surface area contributed by atoms with Crippen molar-refractivity contribution in [3.8, 4) is 0 Å². The van der Waals surface area contributed by atoms with Gasteiger partial charge in [-0.25, -0.2) is 9.13 Å². The molecule has 0 spiro atoms. The Bertz CT molecular complexity index is 2620. The number of carbonyl (C=O) groups excluding carboxylic acids is 4. The molecule has 0 heterocycles. The third-order valence-electron chi connectivity index (χ3n) is 14.4. The maximum Gasteiger partial charge on any atom is 0.472 e. The molecular formula is C81H128O17P2. The van der Waals surface area contributed by atoms with Crippen LogP contribution in [0.25, 0.3) is 0 Å². The van der Waals surface area contributed by atoms with Crippen molar-refractivity contribution in [3.05, 3.63) is 182 Å². The molecular weight excluding hydrogens is 1310 g/mol. The molecule has 564 valence electrons. The van der Waals surface area contributed by atoms with Gasteiger partial charge in [0, 0.05) is 12.8 Å². The molecule has 5 unspecified atom stereocenters. The highest BCUT2D eigenvalue weighted by Gasteiger charge is 2.30. The zero-order chi connectivity index (χ0) is 73.2. The van der Waals surface area contributed by atoms with E-state index in [0.717, 1.165) is 128 Å². The monoisotopic (exact) mass is 1430 g/mol. The van der Waals surface area contributed by atoms with Crippen LogP contribution in [0.2, 0.25) is 0 Å². The largest absolute Gasteiger partial charge is 0.472 e. The van der Waals surface area contributed by atoms with Crippen molar-refractivity contribution < 1.29 is 80.2 Å². The molecule has 0 bridgehead atoms. The SMILES string of the molecule is CC/C=C\C/C=C\C/C=C\C/C=C\C/C=C\CCCCCC(=O)OCC(COP(=O)(O)OCC(O)COP(=O)(O)OCC(COC(=O)C/C=C\C/C=C\C/C=C\C/C=C\C/C=C\CC)OC(=O)C/C=C\C/C=C\C/C=C\C/C=C\C/C=C\CC)OC(=O)CCCCCCCCCCCCC. The molecule has 0 aromatic rings. The van der Waals surface area contributed by atoms with E-state index in [-0.39, 0.29) is 25.7 Å². The summed E-state index contributed by atoms with van der Waals surface area (Å²) in [5.41, 5.74) is 0. The van der Waals surface area contributed by atoms with Gasteiger partial charge < -0.3 is 33.8 Å². The fraction of sp³-hybridized carbons (Fsp3) is 0.580. The van der Waals surface area contributed by atoms with E-state index in [9.17, 15) is 43.2 Å². The van der Waals surface area contributed by atoms with E-state index in [1.54, 1.807) is 24.3 Å². The zero-order valence-electron chi connectivity index (χ0n) is 61.3. The lowest BCUT2D eigenvalue weighted by Gasteiger charge is -2.21. The number of aliphatic hydroxyl groups is 1. The average molecular weight is 1440 g/mol. The molecule has 0 rings (SSSR count). The van der Waals surface area contributed by atoms with Gasteiger partial charge in [0.25, 0.3) is 0 Å². The number of aliphatic hydroxyl groups excluding tert-OH is 1. The number of esters is 4. The molecule has 0 aliphatic carbocycles. The predicted octanol–water partition coefficient (Wildman–Crippen LogP) is 21.2. The number of ether oxygens (including phenoxy) is 4. The Balaban J connectivity index is 5.50. The van der Waals surface area contributed by atoms with Crippen LogP contribution in [-0.2, 0) is 65.4 Å². The number of carbonyl (C=O) groups is 4. The smallest absolute Gasteiger partial charge is 0.462 e. The number of allylic oxidation sites excluding steroid dienone is 28. The third-order valence-corrected chi connectivity index (χ3v) is 16.3. The molecule has 3 N–H and O–H groups in total. The number of hydrogen-bond acceptors (Lipinski definition) is 15. The average Bonchev–Trinajstić information content (AvgIpc) is 0.953. The molecule has 17 nitrogen and oxygen atoms in total. The van der Waals surface area contributed by atoms with Crippen molar-refractivity contribution in [2.45, 2.75) is 264 Å². The van der Waals surface area contributed by atoms with Crippen LogP contribution in [0.3, 0.4) is 0 Å². The Morgan fingerprint density at radius 1 is 0.300 bits per heavy atom. The topological polar surface area (TPSA) is 237 Å². The zero-order valence-corrected chi connectivity index (χ0v) is 63.1. The van der Waals surface area contributed by atoms with Gasteiger partial charge in [-0.2, -0.15) is 0 Å². The second kappa shape index (κ2) is 71.6. The van der Waals surface area contributed by atoms with E-state index in [1.807, 2.05) is 24.3 Å². The first kappa shape index (κ1) is 94.2. The lowest BCUT2D eigenvalue weighted by atomic mass is 10.1. The molecule has 19 heteroatoms. The first-order valence-corrected chi connectivity index (χ1v) is 40.0. The Morgan fingerprint density at radius 3 is 0.930 bits per heavy atom. The molecule has 0 aromatic carbocycles. The first-order valence-electron chi connectivity index (χ1n) is 37.0. The van der Waals surface area contributed by atoms with Crippen molar-refractivity contribution in [2.24, 2.45) is 0 Å². The number of phosphoric acid groups is 2. The number of hydrogen-bond donors (Lipinski definition) is 3. The number of rotatable bonds is 67. The summed E-state index contributed by atoms with van der Waals surface area (Å²) in [5.74, 6) is -2.53. The summed E-state index contributed by atoms with van der Waals surface area (Å²) < 4.78 is 68.1. The van der Waals surface area contributed by atoms with E-state index in [4.69, 9.17) is 37.0 Å². The van der Waals surface area contributed by atoms with E-state index in [2.05, 4.69) is 161 Å². The van der Waals surface area contributed by atoms with Crippen molar-refractivity contribution >= 4 is 39.5 Å². The van der Waals surface area contributed by atoms with E-state index < -0.39 is 97.5 Å². The van der Waals surface area contributed by atoms with Gasteiger partial charge in [-0.1, -0.05) is 281 Å². The van der Waals surface area contributed by atoms with Crippen molar-refractivity contribution in [1.29, 1.82) is 0 Å². The molecule has 100 heavy (non-hydrogen) atoms. The molecule has 0 amide bonds. The normalized spacial score (nSPS) is 15.0. The third kappa shape index (κ3) is 70.6. The summed E-state index contributed by atoms with van der Waals surface area (Å²) in [4.78, 5) is 72.6. The highest BCUT2D eigenvalue weighted by atomic mass is 31.2. The molecule has 0 aliphatic rings. The molecule has 0 saturated heterocycles. The summed E-state index contributed by atoms with van der Waals surface area (Å²) in [6.45, 7) is 4.20. The van der Waals surface area contributed by atoms with Crippen LogP contribution in [0.5, 0.6) is 0 Å². The van der Waals surface area contributed by atoms with Gasteiger partial charge in [0.15, 0.2) is 12.2 Å². The Hall–Kier alpha value is -5.84. The fourth-order valence-corrected chi connectivity index (χ4v) is 10.5. The summed E-state index contributed by atoms with van der Waals surface area (Å²) in [7, 11) is -10.0. The van der Waals surface area contributed by atoms with Crippen LogP contribution in [0.15, 0.2) is 182 Å². The molecule has 0 aliphatic heterocycles. The highest BCUT2D eigenvalue weighted by molar-refractivity contribution is 7.47. The lowest BCUT2D eigenvalue weighted by Crippen LogP contribution is -2.30. The van der Waals surface area contributed by atoms with E-state index >= 15 is 0 Å². The molecule has 0 saturated carbocycles. The van der Waals surface area contributed by atoms with Gasteiger partial charge in [0.1, 0.15) is 19.3 Å². The maximum absolute atomic E-state index is 13.1. The van der Waals surface area contributed by atoms with Crippen LogP contribution in [0.4, 0.5) is 0 Å². The summed E-state index contributed by atoms with van der Waals surface area (Å²) >= 11 is 0. The van der Waals surface area contributed by atoms with Crippen molar-refractivity contribution in [2.75, 3.05) is 39.6 Å². The highest BCUT2D eigenvalue weighted by Crippen LogP contribution is 2.45. The van der Waals surface area contributed by atoms with E-state index in [0.29, 0.717) is 25.7 Å². The summed E-state index contributed by atoms with van der Waals surface area (Å²) in [6.07, 6.45) is 85.3. The van der Waals surface area contributed by atoms with E-state index in [1.165, 1.54) is 38.5 Å². The molecule has 5 atom stereocenters. The Morgan fingerprint density at radius 2 is 0.570 bits per heavy atom. The summed E-state index contributed by atoms with van der Waals surface area (Å²) in [6, 6.07) is 0. The molecule has 0 radical (unpaired) electrons. The fourth-order valence-electron chi connectivity index (χ4n) is 8.92. The Labute approximate surface area is 603 Å². The lowest BCUT2D eigenvalue weighted by molar-refractivity contribution is -0.161. The Kier molecular flexibility index (Phi) is 67.4. The van der Waals surface area contributed by atoms with Gasteiger partial charge in [0.05, 0.1) is 39.3 Å². The van der Waals surface area contributed by atoms with Crippen LogP contribution < -0.4 is 0 Å². The second-order valence-electron chi connectivity index (χ2n) is 23.8. The minimum Gasteiger partial charge on any atom is -0.462 e. The van der Waals surface area contributed by atoms with Gasteiger partial charge in [0.2, 0.25) is 0 Å². The van der Waals surface area contributed by atoms with Gasteiger partial charge in [-0.15, -0.1) is 0 Å². The van der Waals surface area contributed by atoms with Crippen LogP contribution in [0.1, 0.15) is 246 Å². The first-order chi connectivity index (χ1) is 48.7. The van der Waals surface area contributed by atoms with Crippen molar-refractivity contribution in [3.63, 3.8) is 0 Å². The van der Waals surface area contributed by atoms with Crippen LogP contribution in [0, 0.1) is 0 Å². The van der Waals surface area contributed by atoms with Gasteiger partial charge in [-0.3, -0.25) is 37.3 Å². The van der Waals surface area contributed by atoms with Gasteiger partial charge in [-0.05, 0) is 122 Å². The maximum atomic E-state index is 13.1.